The molecule has 0 saturated carbocycles. The third kappa shape index (κ3) is 9.44. The number of nitrogens with one attached hydrogen (secondary N) is 2. The van der Waals surface area contributed by atoms with E-state index in [0.29, 0.717) is 5.75 Å². The Morgan fingerprint density at radius 1 is 1.03 bits per heavy atom. The zero-order valence-electron chi connectivity index (χ0n) is 16.3. The minimum atomic E-state index is -1.17. The number of thioether (sulfide) groups is 1. The maximum absolute atomic E-state index is 12.6. The number of benzene rings is 1. The Kier molecular flexibility index (Phi) is 10.8. The fourth-order valence-electron chi connectivity index (χ4n) is 2.56. The van der Waals surface area contributed by atoms with Crippen molar-refractivity contribution in [3.8, 4) is 0 Å². The van der Waals surface area contributed by atoms with Crippen LogP contribution in [0.25, 0.3) is 0 Å². The van der Waals surface area contributed by atoms with Gasteiger partial charge in [0.15, 0.2) is 0 Å². The summed E-state index contributed by atoms with van der Waals surface area (Å²) < 4.78 is 0. The number of nitrogens with two attached hydrogens (primary N) is 2. The van der Waals surface area contributed by atoms with E-state index >= 15 is 0 Å². The molecule has 1 aromatic rings. The Labute approximate surface area is 174 Å². The zero-order chi connectivity index (χ0) is 21.8. The molecule has 3 unspecified atom stereocenters. The van der Waals surface area contributed by atoms with Crippen LogP contribution < -0.4 is 22.1 Å². The van der Waals surface area contributed by atoms with Gasteiger partial charge in [0, 0.05) is 6.42 Å². The van der Waals surface area contributed by atoms with E-state index in [0.717, 1.165) is 5.56 Å². The van der Waals surface area contributed by atoms with Crippen LogP contribution in [0.15, 0.2) is 30.3 Å². The summed E-state index contributed by atoms with van der Waals surface area (Å²) in [5.74, 6) is -2.54. The predicted octanol–water partition coefficient (Wildman–Crippen LogP) is -0.371. The molecule has 0 aliphatic heterocycles. The number of carbonyl (C=O) groups is 4. The molecule has 3 atom stereocenters. The predicted molar refractivity (Wildman–Crippen MR) is 111 cm³/mol. The fraction of sp³-hybridized carbons (Fsp3) is 0.474. The van der Waals surface area contributed by atoms with Gasteiger partial charge in [-0.1, -0.05) is 30.3 Å². The van der Waals surface area contributed by atoms with Crippen LogP contribution >= 0.6 is 11.8 Å². The van der Waals surface area contributed by atoms with Gasteiger partial charge in [-0.15, -0.1) is 0 Å². The average Bonchev–Trinajstić information content (AvgIpc) is 2.68. The molecule has 160 valence electrons. The zero-order valence-corrected chi connectivity index (χ0v) is 17.1. The molecule has 0 aliphatic carbocycles. The number of carboxylic acid groups (broad SMARTS) is 1. The standard InChI is InChI=1S/C19H28N4O5S/c1-29-10-9-15(19(27)28)23-18(26)14(7-8-16(21)24)22-17(25)13(20)11-12-5-3-2-4-6-12/h2-6,13-15H,7-11,20H2,1H3,(H2,21,24)(H,22,25)(H,23,26)(H,27,28). The molecule has 0 radical (unpaired) electrons. The summed E-state index contributed by atoms with van der Waals surface area (Å²) >= 11 is 1.45. The van der Waals surface area contributed by atoms with Gasteiger partial charge in [0.25, 0.3) is 0 Å². The number of primary amides is 1. The van der Waals surface area contributed by atoms with Gasteiger partial charge in [-0.05, 0) is 36.8 Å². The van der Waals surface area contributed by atoms with E-state index in [4.69, 9.17) is 11.5 Å². The van der Waals surface area contributed by atoms with Crippen molar-refractivity contribution >= 4 is 35.5 Å². The minimum Gasteiger partial charge on any atom is -0.480 e. The average molecular weight is 425 g/mol. The number of amides is 3. The quantitative estimate of drug-likeness (QED) is 0.288. The van der Waals surface area contributed by atoms with Gasteiger partial charge >= 0.3 is 5.97 Å². The number of hydrogen-bond donors (Lipinski definition) is 5. The molecule has 9 nitrogen and oxygen atoms in total. The van der Waals surface area contributed by atoms with Gasteiger partial charge in [-0.25, -0.2) is 4.79 Å². The van der Waals surface area contributed by atoms with Crippen molar-refractivity contribution in [1.29, 1.82) is 0 Å². The molecule has 10 heteroatoms. The summed E-state index contributed by atoms with van der Waals surface area (Å²) in [5, 5.41) is 14.2. The van der Waals surface area contributed by atoms with Crippen LogP contribution in [-0.4, -0.2) is 58.9 Å². The Morgan fingerprint density at radius 3 is 2.21 bits per heavy atom. The van der Waals surface area contributed by atoms with Gasteiger partial charge < -0.3 is 27.2 Å². The SMILES string of the molecule is CSCCC(NC(=O)C(CCC(N)=O)NC(=O)C(N)Cc1ccccc1)C(=O)O. The van der Waals surface area contributed by atoms with Crippen molar-refractivity contribution in [1.82, 2.24) is 10.6 Å². The maximum atomic E-state index is 12.6. The second-order valence-electron chi connectivity index (χ2n) is 6.54. The van der Waals surface area contributed by atoms with Gasteiger partial charge in [-0.2, -0.15) is 11.8 Å². The van der Waals surface area contributed by atoms with Crippen LogP contribution in [0.3, 0.4) is 0 Å². The normalized spacial score (nSPS) is 13.7. The van der Waals surface area contributed by atoms with E-state index in [9.17, 15) is 24.3 Å². The largest absolute Gasteiger partial charge is 0.480 e. The highest BCUT2D eigenvalue weighted by atomic mass is 32.2. The van der Waals surface area contributed by atoms with E-state index in [1.165, 1.54) is 11.8 Å². The first-order chi connectivity index (χ1) is 13.7. The van der Waals surface area contributed by atoms with E-state index < -0.39 is 41.8 Å². The molecule has 0 aliphatic rings. The fourth-order valence-corrected chi connectivity index (χ4v) is 3.03. The molecule has 29 heavy (non-hydrogen) atoms. The molecular weight excluding hydrogens is 396 g/mol. The Bertz CT molecular complexity index is 701. The summed E-state index contributed by atoms with van der Waals surface area (Å²) in [5.41, 5.74) is 11.9. The Balaban J connectivity index is 2.78. The highest BCUT2D eigenvalue weighted by molar-refractivity contribution is 7.98. The number of hydrogen-bond acceptors (Lipinski definition) is 6. The lowest BCUT2D eigenvalue weighted by molar-refractivity contribution is -0.142. The highest BCUT2D eigenvalue weighted by Crippen LogP contribution is 2.06. The summed E-state index contributed by atoms with van der Waals surface area (Å²) in [6.07, 6.45) is 2.12. The number of carbonyl (C=O) groups excluding carboxylic acids is 3. The molecule has 0 aromatic heterocycles. The molecule has 3 amide bonds. The molecule has 0 heterocycles. The second kappa shape index (κ2) is 12.8. The first kappa shape index (κ1) is 24.4. The van der Waals surface area contributed by atoms with Gasteiger partial charge in [-0.3, -0.25) is 14.4 Å². The summed E-state index contributed by atoms with van der Waals surface area (Å²) in [4.78, 5) is 47.5. The molecule has 0 bridgehead atoms. The van der Waals surface area contributed by atoms with E-state index in [-0.39, 0.29) is 25.7 Å². The number of rotatable bonds is 13. The first-order valence-corrected chi connectivity index (χ1v) is 10.5. The molecule has 1 aromatic carbocycles. The molecule has 7 N–H and O–H groups in total. The summed E-state index contributed by atoms with van der Waals surface area (Å²) in [6.45, 7) is 0. The highest BCUT2D eigenvalue weighted by Gasteiger charge is 2.28. The topological polar surface area (TPSA) is 165 Å². The molecule has 1 rings (SSSR count). The lowest BCUT2D eigenvalue weighted by Gasteiger charge is -2.22. The number of carboxylic acids is 1. The third-order valence-corrected chi connectivity index (χ3v) is 4.82. The number of aliphatic carboxylic acids is 1. The first-order valence-electron chi connectivity index (χ1n) is 9.14. The lowest BCUT2D eigenvalue weighted by Crippen LogP contribution is -2.55. The Morgan fingerprint density at radius 2 is 1.66 bits per heavy atom. The minimum absolute atomic E-state index is 0.0557. The van der Waals surface area contributed by atoms with E-state index in [1.54, 1.807) is 0 Å². The van der Waals surface area contributed by atoms with Crippen molar-refractivity contribution in [2.45, 2.75) is 43.8 Å². The van der Waals surface area contributed by atoms with Gasteiger partial charge in [0.05, 0.1) is 6.04 Å². The van der Waals surface area contributed by atoms with E-state index in [1.807, 2.05) is 36.6 Å². The van der Waals surface area contributed by atoms with Crippen LogP contribution in [0.1, 0.15) is 24.8 Å². The smallest absolute Gasteiger partial charge is 0.326 e. The maximum Gasteiger partial charge on any atom is 0.326 e. The van der Waals surface area contributed by atoms with Crippen molar-refractivity contribution < 1.29 is 24.3 Å². The van der Waals surface area contributed by atoms with Crippen LogP contribution in [0.5, 0.6) is 0 Å². The van der Waals surface area contributed by atoms with Crippen LogP contribution in [0.4, 0.5) is 0 Å². The monoisotopic (exact) mass is 424 g/mol. The molecule has 0 saturated heterocycles. The lowest BCUT2D eigenvalue weighted by atomic mass is 10.0. The molecule has 0 fully saturated rings. The molecule has 0 spiro atoms. The third-order valence-electron chi connectivity index (χ3n) is 4.17. The van der Waals surface area contributed by atoms with Gasteiger partial charge in [0.1, 0.15) is 12.1 Å². The van der Waals surface area contributed by atoms with Crippen molar-refractivity contribution in [3.63, 3.8) is 0 Å². The van der Waals surface area contributed by atoms with Crippen LogP contribution in [0.2, 0.25) is 0 Å². The second-order valence-corrected chi connectivity index (χ2v) is 7.53. The summed E-state index contributed by atoms with van der Waals surface area (Å²) in [6, 6.07) is 6.02. The van der Waals surface area contributed by atoms with Crippen LogP contribution in [-0.2, 0) is 25.6 Å². The van der Waals surface area contributed by atoms with Crippen molar-refractivity contribution in [2.24, 2.45) is 11.5 Å². The summed E-state index contributed by atoms with van der Waals surface area (Å²) in [7, 11) is 0. The van der Waals surface area contributed by atoms with Crippen molar-refractivity contribution in [3.05, 3.63) is 35.9 Å². The van der Waals surface area contributed by atoms with E-state index in [2.05, 4.69) is 10.6 Å². The Hall–Kier alpha value is -2.59. The molecular formula is C19H28N4O5S. The van der Waals surface area contributed by atoms with Gasteiger partial charge in [0.2, 0.25) is 17.7 Å². The van der Waals surface area contributed by atoms with Crippen LogP contribution in [0, 0.1) is 0 Å². The van der Waals surface area contributed by atoms with Crippen molar-refractivity contribution in [2.75, 3.05) is 12.0 Å².